The van der Waals surface area contributed by atoms with Gasteiger partial charge in [0.05, 0.1) is 16.3 Å². The number of rotatable bonds is 3. The van der Waals surface area contributed by atoms with Gasteiger partial charge >= 0.3 is 0 Å². The van der Waals surface area contributed by atoms with E-state index >= 15 is 0 Å². The van der Waals surface area contributed by atoms with Gasteiger partial charge in [0.1, 0.15) is 0 Å². The predicted molar refractivity (Wildman–Crippen MR) is 85.5 cm³/mol. The molecule has 22 heavy (non-hydrogen) atoms. The van der Waals surface area contributed by atoms with E-state index in [2.05, 4.69) is 15.3 Å². The van der Waals surface area contributed by atoms with Crippen molar-refractivity contribution in [3.05, 3.63) is 58.5 Å². The van der Waals surface area contributed by atoms with Crippen LogP contribution >= 0.6 is 23.2 Å². The van der Waals surface area contributed by atoms with E-state index < -0.39 is 11.7 Å². The van der Waals surface area contributed by atoms with Gasteiger partial charge in [-0.2, -0.15) is 0 Å². The molecule has 0 saturated heterocycles. The summed E-state index contributed by atoms with van der Waals surface area (Å²) in [5, 5.41) is 3.80. The summed E-state index contributed by atoms with van der Waals surface area (Å²) >= 11 is 11.8. The quantitative estimate of drug-likeness (QED) is 0.567. The molecule has 2 aromatic heterocycles. The Bertz CT molecular complexity index is 889. The second kappa shape index (κ2) is 5.79. The van der Waals surface area contributed by atoms with E-state index in [1.807, 2.05) is 0 Å². The maximum atomic E-state index is 12.3. The smallest absolute Gasteiger partial charge is 0.296 e. The number of anilines is 1. The zero-order chi connectivity index (χ0) is 15.7. The normalized spacial score (nSPS) is 10.6. The third kappa shape index (κ3) is 2.68. The average Bonchev–Trinajstić information content (AvgIpc) is 2.91. The maximum Gasteiger partial charge on any atom is 0.296 e. The van der Waals surface area contributed by atoms with Crippen molar-refractivity contribution in [3.63, 3.8) is 0 Å². The summed E-state index contributed by atoms with van der Waals surface area (Å²) in [5.74, 6) is -1.46. The van der Waals surface area contributed by atoms with Crippen LogP contribution in [0.2, 0.25) is 10.0 Å². The maximum absolute atomic E-state index is 12.3. The van der Waals surface area contributed by atoms with E-state index in [1.165, 1.54) is 24.7 Å². The Balaban J connectivity index is 1.91. The van der Waals surface area contributed by atoms with E-state index in [0.717, 1.165) is 5.52 Å². The number of aromatic nitrogens is 2. The van der Waals surface area contributed by atoms with Crippen LogP contribution in [-0.4, -0.2) is 21.7 Å². The Morgan fingerprint density at radius 3 is 2.77 bits per heavy atom. The third-order valence-corrected chi connectivity index (χ3v) is 3.65. The van der Waals surface area contributed by atoms with E-state index in [9.17, 15) is 9.59 Å². The molecule has 0 atom stereocenters. The highest BCUT2D eigenvalue weighted by molar-refractivity contribution is 6.49. The first-order valence-electron chi connectivity index (χ1n) is 6.28. The van der Waals surface area contributed by atoms with Gasteiger partial charge in [0.15, 0.2) is 0 Å². The number of hydrogen-bond donors (Lipinski definition) is 2. The molecule has 2 heterocycles. The molecule has 0 fully saturated rings. The van der Waals surface area contributed by atoms with Crippen molar-refractivity contribution in [2.45, 2.75) is 0 Å². The van der Waals surface area contributed by atoms with Gasteiger partial charge in [-0.05, 0) is 24.3 Å². The Labute approximate surface area is 135 Å². The fourth-order valence-electron chi connectivity index (χ4n) is 2.06. The lowest BCUT2D eigenvalue weighted by molar-refractivity contribution is -0.112. The standard InChI is InChI=1S/C15H9Cl2N3O2/c16-8-1-2-12-9(5-8)10(6-19-12)14(21)15(22)20-13-3-4-18-7-11(13)17/h1-7,19H,(H,18,20,22). The number of nitrogens with one attached hydrogen (secondary N) is 2. The van der Waals surface area contributed by atoms with Gasteiger partial charge in [-0.1, -0.05) is 23.2 Å². The van der Waals surface area contributed by atoms with Crippen molar-refractivity contribution in [1.82, 2.24) is 9.97 Å². The van der Waals surface area contributed by atoms with Crippen LogP contribution in [0.5, 0.6) is 0 Å². The number of aromatic amines is 1. The van der Waals surface area contributed by atoms with Crippen LogP contribution in [0.1, 0.15) is 10.4 Å². The summed E-state index contributed by atoms with van der Waals surface area (Å²) in [7, 11) is 0. The minimum absolute atomic E-state index is 0.250. The van der Waals surface area contributed by atoms with Gasteiger partial charge in [0.25, 0.3) is 11.7 Å². The lowest BCUT2D eigenvalue weighted by Crippen LogP contribution is -2.22. The molecule has 0 aliphatic heterocycles. The zero-order valence-corrected chi connectivity index (χ0v) is 12.6. The number of carbonyl (C=O) groups excluding carboxylic acids is 2. The fraction of sp³-hybridized carbons (Fsp3) is 0. The minimum atomic E-state index is -0.783. The van der Waals surface area contributed by atoms with Crippen molar-refractivity contribution >= 4 is 51.5 Å². The van der Waals surface area contributed by atoms with Crippen LogP contribution in [0.3, 0.4) is 0 Å². The number of halogens is 2. The first kappa shape index (κ1) is 14.6. The number of benzene rings is 1. The number of nitrogens with zero attached hydrogens (tertiary/aromatic N) is 1. The molecule has 0 radical (unpaired) electrons. The molecule has 3 aromatic rings. The molecule has 0 saturated carbocycles. The van der Waals surface area contributed by atoms with Gasteiger partial charge in [0.2, 0.25) is 0 Å². The molecule has 0 spiro atoms. The molecular weight excluding hydrogens is 325 g/mol. The average molecular weight is 334 g/mol. The fourth-order valence-corrected chi connectivity index (χ4v) is 2.40. The van der Waals surface area contributed by atoms with Crippen LogP contribution in [0.4, 0.5) is 5.69 Å². The summed E-state index contributed by atoms with van der Waals surface area (Å²) < 4.78 is 0. The van der Waals surface area contributed by atoms with Gasteiger partial charge in [-0.25, -0.2) is 0 Å². The lowest BCUT2D eigenvalue weighted by Gasteiger charge is -2.05. The van der Waals surface area contributed by atoms with Crippen LogP contribution < -0.4 is 5.32 Å². The van der Waals surface area contributed by atoms with Gasteiger partial charge in [0, 0.05) is 34.5 Å². The van der Waals surface area contributed by atoms with Gasteiger partial charge in [-0.15, -0.1) is 0 Å². The number of amides is 1. The molecule has 7 heteroatoms. The Kier molecular flexibility index (Phi) is 3.83. The van der Waals surface area contributed by atoms with Crippen molar-refractivity contribution in [3.8, 4) is 0 Å². The van der Waals surface area contributed by atoms with E-state index in [1.54, 1.807) is 18.2 Å². The van der Waals surface area contributed by atoms with Crippen molar-refractivity contribution in [2.75, 3.05) is 5.32 Å². The van der Waals surface area contributed by atoms with Crippen molar-refractivity contribution in [1.29, 1.82) is 0 Å². The highest BCUT2D eigenvalue weighted by Gasteiger charge is 2.21. The molecule has 1 aromatic carbocycles. The van der Waals surface area contributed by atoms with Crippen LogP contribution in [0.15, 0.2) is 42.9 Å². The summed E-state index contributed by atoms with van der Waals surface area (Å²) in [6, 6.07) is 6.59. The Morgan fingerprint density at radius 1 is 1.18 bits per heavy atom. The van der Waals surface area contributed by atoms with Crippen molar-refractivity contribution < 1.29 is 9.59 Å². The molecule has 0 aliphatic rings. The van der Waals surface area contributed by atoms with Crippen LogP contribution in [0, 0.1) is 0 Å². The van der Waals surface area contributed by atoms with E-state index in [-0.39, 0.29) is 10.6 Å². The number of pyridine rings is 1. The van der Waals surface area contributed by atoms with Gasteiger partial charge in [-0.3, -0.25) is 14.6 Å². The first-order chi connectivity index (χ1) is 10.6. The SMILES string of the molecule is O=C(Nc1ccncc1Cl)C(=O)c1c[nH]c2ccc(Cl)cc12. The molecular formula is C15H9Cl2N3O2. The number of H-pyrrole nitrogens is 1. The second-order valence-electron chi connectivity index (χ2n) is 4.53. The summed E-state index contributed by atoms with van der Waals surface area (Å²) in [5.41, 5.74) is 1.30. The molecule has 0 bridgehead atoms. The van der Waals surface area contributed by atoms with E-state index in [0.29, 0.717) is 16.1 Å². The van der Waals surface area contributed by atoms with Crippen LogP contribution in [0.25, 0.3) is 10.9 Å². The molecule has 110 valence electrons. The minimum Gasteiger partial charge on any atom is -0.360 e. The lowest BCUT2D eigenvalue weighted by atomic mass is 10.1. The number of hydrogen-bond acceptors (Lipinski definition) is 3. The molecule has 1 amide bonds. The topological polar surface area (TPSA) is 74.8 Å². The number of ketones is 1. The Hall–Kier alpha value is -2.37. The summed E-state index contributed by atoms with van der Waals surface area (Å²) in [6.45, 7) is 0. The first-order valence-corrected chi connectivity index (χ1v) is 7.03. The van der Waals surface area contributed by atoms with Crippen LogP contribution in [-0.2, 0) is 4.79 Å². The third-order valence-electron chi connectivity index (χ3n) is 3.12. The van der Waals surface area contributed by atoms with Gasteiger partial charge < -0.3 is 10.3 Å². The van der Waals surface area contributed by atoms with E-state index in [4.69, 9.17) is 23.2 Å². The van der Waals surface area contributed by atoms with Crippen molar-refractivity contribution in [2.24, 2.45) is 0 Å². The zero-order valence-electron chi connectivity index (χ0n) is 11.1. The summed E-state index contributed by atoms with van der Waals surface area (Å²) in [4.78, 5) is 31.2. The molecule has 5 nitrogen and oxygen atoms in total. The number of fused-ring (bicyclic) bond motifs is 1. The molecule has 0 unspecified atom stereocenters. The highest BCUT2D eigenvalue weighted by Crippen LogP contribution is 2.24. The molecule has 3 rings (SSSR count). The molecule has 0 aliphatic carbocycles. The predicted octanol–water partition coefficient (Wildman–Crippen LogP) is 3.69. The largest absolute Gasteiger partial charge is 0.360 e. The Morgan fingerprint density at radius 2 is 2.00 bits per heavy atom. The summed E-state index contributed by atoms with van der Waals surface area (Å²) in [6.07, 6.45) is 4.33. The molecule has 2 N–H and O–H groups in total. The monoisotopic (exact) mass is 333 g/mol. The highest BCUT2D eigenvalue weighted by atomic mass is 35.5. The second-order valence-corrected chi connectivity index (χ2v) is 5.37. The number of Topliss-reactive ketones (excluding diaryl/α,β-unsaturated/α-hetero) is 1. The number of carbonyl (C=O) groups is 2.